The van der Waals surface area contributed by atoms with Crippen molar-refractivity contribution in [3.8, 4) is 0 Å². The zero-order valence-electron chi connectivity index (χ0n) is 10.7. The lowest BCUT2D eigenvalue weighted by Crippen LogP contribution is -2.23. The zero-order chi connectivity index (χ0) is 12.8. The van der Waals surface area contributed by atoms with E-state index in [0.29, 0.717) is 0 Å². The third-order valence-corrected chi connectivity index (χ3v) is 3.29. The summed E-state index contributed by atoms with van der Waals surface area (Å²) in [6.07, 6.45) is 6.50. The number of hydrogen-bond donors (Lipinski definition) is 1. The van der Waals surface area contributed by atoms with E-state index in [2.05, 4.69) is 28.9 Å². The molecule has 0 atom stereocenters. The van der Waals surface area contributed by atoms with Gasteiger partial charge in [0.2, 0.25) is 5.91 Å². The highest BCUT2D eigenvalue weighted by Gasteiger charge is 2.09. The van der Waals surface area contributed by atoms with Crippen molar-refractivity contribution >= 4 is 17.3 Å². The van der Waals surface area contributed by atoms with Crippen molar-refractivity contribution in [2.75, 3.05) is 23.3 Å². The predicted octanol–water partition coefficient (Wildman–Crippen LogP) is 3.19. The average Bonchev–Trinajstić information content (AvgIpc) is 2.68. The molecule has 1 heterocycles. The van der Waals surface area contributed by atoms with Gasteiger partial charge in [0.1, 0.15) is 0 Å². The molecule has 0 aliphatic carbocycles. The summed E-state index contributed by atoms with van der Waals surface area (Å²) in [4.78, 5) is 13.6. The summed E-state index contributed by atoms with van der Waals surface area (Å²) in [5.74, 6) is -0.169. The lowest BCUT2D eigenvalue weighted by molar-refractivity contribution is -0.111. The van der Waals surface area contributed by atoms with E-state index in [1.54, 1.807) is 0 Å². The number of anilines is 2. The predicted molar refractivity (Wildman–Crippen MR) is 75.9 cm³/mol. The van der Waals surface area contributed by atoms with E-state index >= 15 is 0 Å². The number of nitrogens with zero attached hydrogens (tertiary/aromatic N) is 1. The fraction of sp³-hybridized carbons (Fsp3) is 0.400. The van der Waals surface area contributed by atoms with Crippen LogP contribution in [0.5, 0.6) is 0 Å². The summed E-state index contributed by atoms with van der Waals surface area (Å²) in [6.45, 7) is 5.71. The van der Waals surface area contributed by atoms with Gasteiger partial charge in [0.15, 0.2) is 0 Å². The van der Waals surface area contributed by atoms with Crippen LogP contribution in [0.2, 0.25) is 0 Å². The summed E-state index contributed by atoms with van der Waals surface area (Å²) in [5, 5.41) is 2.76. The molecular weight excluding hydrogens is 224 g/mol. The molecule has 1 aliphatic rings. The van der Waals surface area contributed by atoms with Gasteiger partial charge in [-0.25, -0.2) is 0 Å². The molecule has 1 saturated heterocycles. The standard InChI is InChI=1S/C15H20N2O/c1-2-15(18)16-13-7-9-14(10-8-13)17-11-5-3-4-6-12-17/h2,7-10H,1,3-6,11-12H2,(H,16,18). The summed E-state index contributed by atoms with van der Waals surface area (Å²) in [5.41, 5.74) is 2.06. The average molecular weight is 244 g/mol. The summed E-state index contributed by atoms with van der Waals surface area (Å²) in [6, 6.07) is 8.04. The molecular formula is C15H20N2O. The van der Waals surface area contributed by atoms with Crippen molar-refractivity contribution in [3.63, 3.8) is 0 Å². The van der Waals surface area contributed by atoms with Crippen LogP contribution in [0, 0.1) is 0 Å². The minimum absolute atomic E-state index is 0.169. The van der Waals surface area contributed by atoms with Crippen molar-refractivity contribution in [2.24, 2.45) is 0 Å². The van der Waals surface area contributed by atoms with Gasteiger partial charge in [-0.05, 0) is 43.2 Å². The molecule has 1 fully saturated rings. The maximum atomic E-state index is 11.2. The lowest BCUT2D eigenvalue weighted by atomic mass is 10.2. The van der Waals surface area contributed by atoms with Gasteiger partial charge in [-0.3, -0.25) is 4.79 Å². The van der Waals surface area contributed by atoms with E-state index in [-0.39, 0.29) is 5.91 Å². The highest BCUT2D eigenvalue weighted by Crippen LogP contribution is 2.21. The van der Waals surface area contributed by atoms with Crippen LogP contribution in [0.1, 0.15) is 25.7 Å². The molecule has 96 valence electrons. The number of hydrogen-bond acceptors (Lipinski definition) is 2. The summed E-state index contributed by atoms with van der Waals surface area (Å²) >= 11 is 0. The summed E-state index contributed by atoms with van der Waals surface area (Å²) in [7, 11) is 0. The highest BCUT2D eigenvalue weighted by atomic mass is 16.1. The Kier molecular flexibility index (Phi) is 4.40. The Morgan fingerprint density at radius 2 is 1.72 bits per heavy atom. The molecule has 0 radical (unpaired) electrons. The fourth-order valence-electron chi connectivity index (χ4n) is 2.28. The van der Waals surface area contributed by atoms with Gasteiger partial charge in [0, 0.05) is 24.5 Å². The maximum Gasteiger partial charge on any atom is 0.247 e. The Labute approximate surface area is 108 Å². The molecule has 1 aromatic rings. The quantitative estimate of drug-likeness (QED) is 0.828. The molecule has 1 aliphatic heterocycles. The van der Waals surface area contributed by atoms with Gasteiger partial charge in [0.05, 0.1) is 0 Å². The summed E-state index contributed by atoms with van der Waals surface area (Å²) < 4.78 is 0. The Balaban J connectivity index is 2.01. The Morgan fingerprint density at radius 3 is 2.28 bits per heavy atom. The van der Waals surface area contributed by atoms with Gasteiger partial charge < -0.3 is 10.2 Å². The van der Waals surface area contributed by atoms with Crippen LogP contribution in [0.3, 0.4) is 0 Å². The topological polar surface area (TPSA) is 32.3 Å². The van der Waals surface area contributed by atoms with E-state index in [9.17, 15) is 4.79 Å². The molecule has 0 spiro atoms. The Hall–Kier alpha value is -1.77. The molecule has 0 unspecified atom stereocenters. The first-order chi connectivity index (χ1) is 8.79. The Morgan fingerprint density at radius 1 is 1.11 bits per heavy atom. The molecule has 0 saturated carbocycles. The van der Waals surface area contributed by atoms with Crippen LogP contribution in [0.25, 0.3) is 0 Å². The molecule has 3 heteroatoms. The van der Waals surface area contributed by atoms with E-state index in [4.69, 9.17) is 0 Å². The smallest absolute Gasteiger partial charge is 0.247 e. The number of amides is 1. The molecule has 0 bridgehead atoms. The molecule has 18 heavy (non-hydrogen) atoms. The molecule has 3 nitrogen and oxygen atoms in total. The molecule has 1 N–H and O–H groups in total. The second-order valence-corrected chi connectivity index (χ2v) is 4.64. The van der Waals surface area contributed by atoms with Crippen molar-refractivity contribution in [3.05, 3.63) is 36.9 Å². The van der Waals surface area contributed by atoms with Crippen LogP contribution >= 0.6 is 0 Å². The van der Waals surface area contributed by atoms with Gasteiger partial charge >= 0.3 is 0 Å². The zero-order valence-corrected chi connectivity index (χ0v) is 10.7. The Bertz CT molecular complexity index is 403. The molecule has 1 amide bonds. The van der Waals surface area contributed by atoms with Crippen LogP contribution in [0.15, 0.2) is 36.9 Å². The van der Waals surface area contributed by atoms with Crippen LogP contribution in [-0.4, -0.2) is 19.0 Å². The molecule has 1 aromatic carbocycles. The van der Waals surface area contributed by atoms with Crippen molar-refractivity contribution < 1.29 is 4.79 Å². The normalized spacial score (nSPS) is 15.9. The van der Waals surface area contributed by atoms with Gasteiger partial charge in [0.25, 0.3) is 0 Å². The first-order valence-electron chi connectivity index (χ1n) is 6.58. The number of nitrogens with one attached hydrogen (secondary N) is 1. The number of carbonyl (C=O) groups excluding carboxylic acids is 1. The van der Waals surface area contributed by atoms with Crippen LogP contribution in [0.4, 0.5) is 11.4 Å². The molecule has 2 rings (SSSR count). The van der Waals surface area contributed by atoms with Crippen molar-refractivity contribution in [1.82, 2.24) is 0 Å². The van der Waals surface area contributed by atoms with Gasteiger partial charge in [-0.15, -0.1) is 0 Å². The maximum absolute atomic E-state index is 11.2. The first kappa shape index (κ1) is 12.7. The second-order valence-electron chi connectivity index (χ2n) is 4.64. The fourth-order valence-corrected chi connectivity index (χ4v) is 2.28. The van der Waals surface area contributed by atoms with Crippen LogP contribution in [-0.2, 0) is 4.79 Å². The highest BCUT2D eigenvalue weighted by molar-refractivity contribution is 5.98. The number of benzene rings is 1. The van der Waals surface area contributed by atoms with Crippen molar-refractivity contribution in [1.29, 1.82) is 0 Å². The SMILES string of the molecule is C=CC(=O)Nc1ccc(N2CCCCCC2)cc1. The van der Waals surface area contributed by atoms with Gasteiger partial charge in [-0.1, -0.05) is 19.4 Å². The van der Waals surface area contributed by atoms with E-state index in [1.165, 1.54) is 37.4 Å². The molecule has 0 aromatic heterocycles. The third kappa shape index (κ3) is 3.36. The first-order valence-corrected chi connectivity index (χ1v) is 6.58. The number of carbonyl (C=O) groups is 1. The monoisotopic (exact) mass is 244 g/mol. The minimum atomic E-state index is -0.169. The third-order valence-electron chi connectivity index (χ3n) is 3.29. The van der Waals surface area contributed by atoms with Gasteiger partial charge in [-0.2, -0.15) is 0 Å². The lowest BCUT2D eigenvalue weighted by Gasteiger charge is -2.22. The van der Waals surface area contributed by atoms with E-state index < -0.39 is 0 Å². The van der Waals surface area contributed by atoms with Crippen LogP contribution < -0.4 is 10.2 Å². The largest absolute Gasteiger partial charge is 0.372 e. The number of rotatable bonds is 3. The van der Waals surface area contributed by atoms with E-state index in [0.717, 1.165) is 18.8 Å². The second kappa shape index (κ2) is 6.24. The van der Waals surface area contributed by atoms with E-state index in [1.807, 2.05) is 12.1 Å². The minimum Gasteiger partial charge on any atom is -0.372 e. The van der Waals surface area contributed by atoms with Crippen molar-refractivity contribution in [2.45, 2.75) is 25.7 Å².